The van der Waals surface area contributed by atoms with Gasteiger partial charge in [0.15, 0.2) is 5.65 Å². The number of aromatic nitrogens is 3. The Labute approximate surface area is 145 Å². The van der Waals surface area contributed by atoms with Gasteiger partial charge in [0.05, 0.1) is 29.6 Å². The van der Waals surface area contributed by atoms with Crippen molar-refractivity contribution >= 4 is 28.6 Å². The number of hydrogen-bond acceptors (Lipinski definition) is 6. The Hall–Kier alpha value is -2.64. The number of ether oxygens (including phenoxy) is 1. The molecule has 2 aromatic rings. The zero-order valence-corrected chi connectivity index (χ0v) is 14.5. The van der Waals surface area contributed by atoms with E-state index >= 15 is 0 Å². The lowest BCUT2D eigenvalue weighted by atomic mass is 10.0. The summed E-state index contributed by atoms with van der Waals surface area (Å²) in [7, 11) is 0. The third-order valence-electron chi connectivity index (χ3n) is 4.37. The van der Waals surface area contributed by atoms with E-state index in [2.05, 4.69) is 25.8 Å². The number of aromatic amines is 1. The molecule has 1 fully saturated rings. The predicted molar refractivity (Wildman–Crippen MR) is 93.5 cm³/mol. The van der Waals surface area contributed by atoms with Gasteiger partial charge in [-0.1, -0.05) is 6.92 Å². The third kappa shape index (κ3) is 3.57. The average Bonchev–Trinajstić information content (AvgIpc) is 2.98. The molecule has 0 radical (unpaired) electrons. The molecule has 0 spiro atoms. The summed E-state index contributed by atoms with van der Waals surface area (Å²) in [4.78, 5) is 28.7. The summed E-state index contributed by atoms with van der Waals surface area (Å²) in [5.74, 6) is -0.326. The maximum Gasteiger partial charge on any atom is 0.342 e. The van der Waals surface area contributed by atoms with Gasteiger partial charge in [0.2, 0.25) is 5.91 Å². The van der Waals surface area contributed by atoms with E-state index in [0.717, 1.165) is 11.8 Å². The molecule has 0 aliphatic carbocycles. The topological polar surface area (TPSA) is 109 Å². The van der Waals surface area contributed by atoms with Crippen LogP contribution >= 0.6 is 0 Å². The lowest BCUT2D eigenvalue weighted by molar-refractivity contribution is -0.120. The van der Waals surface area contributed by atoms with E-state index in [1.54, 1.807) is 13.1 Å². The van der Waals surface area contributed by atoms with Crippen LogP contribution in [0.15, 0.2) is 6.20 Å². The second kappa shape index (κ2) is 7.50. The first-order valence-corrected chi connectivity index (χ1v) is 8.70. The van der Waals surface area contributed by atoms with Crippen LogP contribution in [-0.2, 0) is 16.0 Å². The minimum Gasteiger partial charge on any atom is -0.462 e. The molecule has 1 unspecified atom stereocenters. The quantitative estimate of drug-likeness (QED) is 0.713. The van der Waals surface area contributed by atoms with Gasteiger partial charge < -0.3 is 15.4 Å². The summed E-state index contributed by atoms with van der Waals surface area (Å²) in [6.07, 6.45) is 4.22. The van der Waals surface area contributed by atoms with E-state index in [1.165, 1.54) is 0 Å². The van der Waals surface area contributed by atoms with Crippen molar-refractivity contribution in [1.82, 2.24) is 20.5 Å². The van der Waals surface area contributed by atoms with Gasteiger partial charge in [0.1, 0.15) is 5.56 Å². The minimum atomic E-state index is -0.389. The number of aryl methyl sites for hydroxylation is 1. The number of fused-ring (bicyclic) bond motifs is 1. The lowest BCUT2D eigenvalue weighted by Gasteiger charge is -2.21. The first-order valence-electron chi connectivity index (χ1n) is 8.70. The molecule has 1 atom stereocenters. The van der Waals surface area contributed by atoms with Gasteiger partial charge in [-0.15, -0.1) is 0 Å². The monoisotopic (exact) mass is 345 g/mol. The first-order chi connectivity index (χ1) is 12.1. The standard InChI is InChI=1S/C17H23N5O3/c1-3-12-14(17(24)25-4-2)15(11-9-19-22-16(11)21-12)20-10-5-6-13(23)18-8-7-10/h9-10H,3-8H2,1-2H3,(H,18,23)(H2,19,20,21,22). The molecular weight excluding hydrogens is 322 g/mol. The molecule has 3 N–H and O–H groups in total. The van der Waals surface area contributed by atoms with E-state index in [-0.39, 0.29) is 17.9 Å². The summed E-state index contributed by atoms with van der Waals surface area (Å²) in [6.45, 7) is 4.65. The Morgan fingerprint density at radius 1 is 1.40 bits per heavy atom. The van der Waals surface area contributed by atoms with Crippen molar-refractivity contribution in [2.45, 2.75) is 45.6 Å². The Kier molecular flexibility index (Phi) is 5.16. The largest absolute Gasteiger partial charge is 0.462 e. The van der Waals surface area contributed by atoms with Crippen LogP contribution in [0.1, 0.15) is 49.2 Å². The van der Waals surface area contributed by atoms with Crippen LogP contribution < -0.4 is 10.6 Å². The van der Waals surface area contributed by atoms with Crippen LogP contribution in [0.25, 0.3) is 11.0 Å². The fourth-order valence-electron chi connectivity index (χ4n) is 3.12. The van der Waals surface area contributed by atoms with Crippen LogP contribution in [0.3, 0.4) is 0 Å². The highest BCUT2D eigenvalue weighted by atomic mass is 16.5. The van der Waals surface area contributed by atoms with Crippen molar-refractivity contribution < 1.29 is 14.3 Å². The zero-order chi connectivity index (χ0) is 17.8. The Balaban J connectivity index is 2.03. The van der Waals surface area contributed by atoms with E-state index in [0.29, 0.717) is 55.0 Å². The van der Waals surface area contributed by atoms with Gasteiger partial charge in [0, 0.05) is 19.0 Å². The Morgan fingerprint density at radius 2 is 2.24 bits per heavy atom. The van der Waals surface area contributed by atoms with E-state index in [9.17, 15) is 9.59 Å². The number of amides is 1. The fourth-order valence-corrected chi connectivity index (χ4v) is 3.12. The highest BCUT2D eigenvalue weighted by molar-refractivity contribution is 6.05. The molecule has 25 heavy (non-hydrogen) atoms. The molecule has 1 aliphatic heterocycles. The van der Waals surface area contributed by atoms with E-state index in [4.69, 9.17) is 4.74 Å². The molecule has 0 saturated carbocycles. The van der Waals surface area contributed by atoms with Crippen molar-refractivity contribution in [1.29, 1.82) is 0 Å². The molecule has 2 aromatic heterocycles. The fraction of sp³-hybridized carbons (Fsp3) is 0.529. The normalized spacial score (nSPS) is 17.8. The van der Waals surface area contributed by atoms with Gasteiger partial charge in [-0.05, 0) is 26.2 Å². The minimum absolute atomic E-state index is 0.0624. The van der Waals surface area contributed by atoms with Crippen molar-refractivity contribution in [3.05, 3.63) is 17.5 Å². The number of carbonyl (C=O) groups excluding carboxylic acids is 2. The number of anilines is 1. The maximum atomic E-state index is 12.6. The number of pyridine rings is 1. The molecule has 0 aromatic carbocycles. The molecule has 1 saturated heterocycles. The van der Waals surface area contributed by atoms with Crippen LogP contribution in [0.2, 0.25) is 0 Å². The van der Waals surface area contributed by atoms with Crippen LogP contribution in [-0.4, -0.2) is 46.3 Å². The summed E-state index contributed by atoms with van der Waals surface area (Å²) in [5, 5.41) is 14.0. The Morgan fingerprint density at radius 3 is 3.00 bits per heavy atom. The number of nitrogens with one attached hydrogen (secondary N) is 3. The maximum absolute atomic E-state index is 12.6. The molecule has 3 heterocycles. The van der Waals surface area contributed by atoms with Crippen molar-refractivity contribution in [3.8, 4) is 0 Å². The smallest absolute Gasteiger partial charge is 0.342 e. The van der Waals surface area contributed by atoms with Gasteiger partial charge >= 0.3 is 5.97 Å². The van der Waals surface area contributed by atoms with Crippen molar-refractivity contribution in [3.63, 3.8) is 0 Å². The molecule has 134 valence electrons. The molecule has 1 amide bonds. The second-order valence-corrected chi connectivity index (χ2v) is 6.03. The SMILES string of the molecule is CCOC(=O)c1c(CC)nc2[nH]ncc2c1NC1CCNC(=O)CC1. The summed E-state index contributed by atoms with van der Waals surface area (Å²) in [6, 6.07) is 0.0809. The molecule has 1 aliphatic rings. The molecule has 8 heteroatoms. The van der Waals surface area contributed by atoms with Crippen LogP contribution in [0.5, 0.6) is 0 Å². The molecule has 8 nitrogen and oxygen atoms in total. The molecule has 3 rings (SSSR count). The highest BCUT2D eigenvalue weighted by Crippen LogP contribution is 2.30. The van der Waals surface area contributed by atoms with Gasteiger partial charge in [-0.3, -0.25) is 9.89 Å². The zero-order valence-electron chi connectivity index (χ0n) is 14.5. The number of esters is 1. The van der Waals surface area contributed by atoms with E-state index < -0.39 is 0 Å². The number of H-pyrrole nitrogens is 1. The van der Waals surface area contributed by atoms with Crippen molar-refractivity contribution in [2.75, 3.05) is 18.5 Å². The van der Waals surface area contributed by atoms with Gasteiger partial charge in [0.25, 0.3) is 0 Å². The van der Waals surface area contributed by atoms with Gasteiger partial charge in [-0.25, -0.2) is 9.78 Å². The summed E-state index contributed by atoms with van der Waals surface area (Å²) in [5.41, 5.74) is 2.45. The summed E-state index contributed by atoms with van der Waals surface area (Å²) >= 11 is 0. The first kappa shape index (κ1) is 17.2. The second-order valence-electron chi connectivity index (χ2n) is 6.03. The van der Waals surface area contributed by atoms with Gasteiger partial charge in [-0.2, -0.15) is 5.10 Å². The molecular formula is C17H23N5O3. The number of nitrogens with zero attached hydrogens (tertiary/aromatic N) is 2. The molecule has 0 bridgehead atoms. The number of hydrogen-bond donors (Lipinski definition) is 3. The van der Waals surface area contributed by atoms with Crippen LogP contribution in [0.4, 0.5) is 5.69 Å². The average molecular weight is 345 g/mol. The Bertz CT molecular complexity index is 786. The number of carbonyl (C=O) groups is 2. The van der Waals surface area contributed by atoms with E-state index in [1.807, 2.05) is 6.92 Å². The summed E-state index contributed by atoms with van der Waals surface area (Å²) < 4.78 is 5.25. The lowest BCUT2D eigenvalue weighted by Crippen LogP contribution is -2.24. The van der Waals surface area contributed by atoms with Crippen molar-refractivity contribution in [2.24, 2.45) is 0 Å². The number of rotatable bonds is 5. The van der Waals surface area contributed by atoms with Crippen LogP contribution in [0, 0.1) is 0 Å². The highest BCUT2D eigenvalue weighted by Gasteiger charge is 2.25. The predicted octanol–water partition coefficient (Wildman–Crippen LogP) is 1.78. The third-order valence-corrected chi connectivity index (χ3v) is 4.37.